The van der Waals surface area contributed by atoms with Crippen LogP contribution in [0.15, 0.2) is 42.5 Å². The number of nitrogens with zero attached hydrogens (tertiary/aromatic N) is 5. The molecule has 1 aromatic heterocycles. The number of rotatable bonds is 4. The largest absolute Gasteiger partial charge is 0.345 e. The SMILES string of the molecule is O=C(c1ccc(N2C(=O)CCC2=O)cc1)N1CCN(c2nc3ccc([N+](=O)[O-])cc3s2)CC1. The molecule has 0 bridgehead atoms. The van der Waals surface area contributed by atoms with Gasteiger partial charge in [0.2, 0.25) is 11.8 Å². The van der Waals surface area contributed by atoms with E-state index in [0.717, 1.165) is 9.83 Å². The van der Waals surface area contributed by atoms with E-state index in [1.807, 2.05) is 0 Å². The number of benzene rings is 2. The topological polar surface area (TPSA) is 117 Å². The Morgan fingerprint density at radius 3 is 2.27 bits per heavy atom. The van der Waals surface area contributed by atoms with Crippen molar-refractivity contribution in [1.82, 2.24) is 9.88 Å². The fourth-order valence-corrected chi connectivity index (χ4v) is 5.10. The van der Waals surface area contributed by atoms with E-state index in [2.05, 4.69) is 9.88 Å². The quantitative estimate of drug-likeness (QED) is 0.330. The van der Waals surface area contributed by atoms with E-state index < -0.39 is 4.92 Å². The normalized spacial score (nSPS) is 16.7. The number of anilines is 2. The third-order valence-electron chi connectivity index (χ3n) is 5.83. The Balaban J connectivity index is 1.24. The summed E-state index contributed by atoms with van der Waals surface area (Å²) in [5, 5.41) is 11.8. The molecule has 0 saturated carbocycles. The standard InChI is InChI=1S/C22H19N5O5S/c28-19-7-8-20(29)26(19)15-3-1-14(2-4-15)21(30)24-9-11-25(12-10-24)22-23-17-6-5-16(27(31)32)13-18(17)33-22/h1-6,13H,7-12H2. The zero-order valence-electron chi connectivity index (χ0n) is 17.5. The summed E-state index contributed by atoms with van der Waals surface area (Å²) in [6.45, 7) is 2.23. The maximum atomic E-state index is 12.9. The molecule has 3 heterocycles. The average molecular weight is 465 g/mol. The van der Waals surface area contributed by atoms with Crippen LogP contribution in [0.4, 0.5) is 16.5 Å². The summed E-state index contributed by atoms with van der Waals surface area (Å²) >= 11 is 1.40. The molecule has 0 N–H and O–H groups in total. The number of nitro benzene ring substituents is 1. The second kappa shape index (κ2) is 8.24. The van der Waals surface area contributed by atoms with Crippen LogP contribution in [-0.2, 0) is 9.59 Å². The lowest BCUT2D eigenvalue weighted by molar-refractivity contribution is -0.384. The molecule has 0 atom stereocenters. The molecule has 33 heavy (non-hydrogen) atoms. The molecule has 0 spiro atoms. The first-order valence-corrected chi connectivity index (χ1v) is 11.3. The van der Waals surface area contributed by atoms with Crippen LogP contribution in [0.1, 0.15) is 23.2 Å². The van der Waals surface area contributed by atoms with Gasteiger partial charge in [0.05, 0.1) is 20.8 Å². The van der Waals surface area contributed by atoms with Gasteiger partial charge < -0.3 is 9.80 Å². The highest BCUT2D eigenvalue weighted by Crippen LogP contribution is 2.32. The summed E-state index contributed by atoms with van der Waals surface area (Å²) in [7, 11) is 0. The molecule has 11 heteroatoms. The third kappa shape index (κ3) is 3.91. The lowest BCUT2D eigenvalue weighted by atomic mass is 10.1. The summed E-state index contributed by atoms with van der Waals surface area (Å²) in [4.78, 5) is 56.9. The third-order valence-corrected chi connectivity index (χ3v) is 6.91. The Bertz CT molecular complexity index is 1260. The average Bonchev–Trinajstić information content (AvgIpc) is 3.41. The first-order valence-electron chi connectivity index (χ1n) is 10.5. The zero-order chi connectivity index (χ0) is 23.1. The van der Waals surface area contributed by atoms with E-state index >= 15 is 0 Å². The van der Waals surface area contributed by atoms with Crippen molar-refractivity contribution in [3.63, 3.8) is 0 Å². The number of hydrogen-bond acceptors (Lipinski definition) is 8. The van der Waals surface area contributed by atoms with E-state index in [9.17, 15) is 24.5 Å². The van der Waals surface area contributed by atoms with Crippen molar-refractivity contribution in [2.45, 2.75) is 12.8 Å². The van der Waals surface area contributed by atoms with Crippen molar-refractivity contribution in [2.75, 3.05) is 36.0 Å². The molecule has 0 radical (unpaired) electrons. The van der Waals surface area contributed by atoms with Gasteiger partial charge in [0.1, 0.15) is 0 Å². The number of imide groups is 1. The van der Waals surface area contributed by atoms with Crippen LogP contribution in [0.2, 0.25) is 0 Å². The molecule has 2 aromatic carbocycles. The Kier molecular flexibility index (Phi) is 5.25. The van der Waals surface area contributed by atoms with Crippen molar-refractivity contribution in [2.24, 2.45) is 0 Å². The number of thiazole rings is 1. The zero-order valence-corrected chi connectivity index (χ0v) is 18.3. The Morgan fingerprint density at radius 1 is 0.970 bits per heavy atom. The van der Waals surface area contributed by atoms with Gasteiger partial charge in [-0.1, -0.05) is 11.3 Å². The van der Waals surface area contributed by atoms with Crippen molar-refractivity contribution < 1.29 is 19.3 Å². The van der Waals surface area contributed by atoms with E-state index in [4.69, 9.17) is 0 Å². The van der Waals surface area contributed by atoms with Gasteiger partial charge in [0.25, 0.3) is 11.6 Å². The molecule has 0 aliphatic carbocycles. The first kappa shape index (κ1) is 21.0. The number of non-ortho nitro benzene ring substituents is 1. The lowest BCUT2D eigenvalue weighted by Crippen LogP contribution is -2.48. The van der Waals surface area contributed by atoms with Gasteiger partial charge in [-0.15, -0.1) is 0 Å². The predicted octanol–water partition coefficient (Wildman–Crippen LogP) is 2.82. The van der Waals surface area contributed by atoms with E-state index in [1.165, 1.54) is 28.4 Å². The van der Waals surface area contributed by atoms with Crippen LogP contribution in [-0.4, -0.2) is 58.7 Å². The molecule has 168 valence electrons. The minimum absolute atomic E-state index is 0.0394. The molecule has 2 fully saturated rings. The van der Waals surface area contributed by atoms with Gasteiger partial charge in [0, 0.05) is 56.7 Å². The smallest absolute Gasteiger partial charge is 0.270 e. The molecular weight excluding hydrogens is 446 g/mol. The van der Waals surface area contributed by atoms with Crippen LogP contribution in [0.5, 0.6) is 0 Å². The molecule has 5 rings (SSSR count). The summed E-state index contributed by atoms with van der Waals surface area (Å²) in [5.74, 6) is -0.556. The van der Waals surface area contributed by atoms with Crippen LogP contribution in [0, 0.1) is 10.1 Å². The van der Waals surface area contributed by atoms with Crippen molar-refractivity contribution >= 4 is 55.8 Å². The highest BCUT2D eigenvalue weighted by atomic mass is 32.1. The van der Waals surface area contributed by atoms with Crippen LogP contribution in [0.25, 0.3) is 10.2 Å². The number of carbonyl (C=O) groups is 3. The summed E-state index contributed by atoms with van der Waals surface area (Å²) in [5.41, 5.74) is 1.74. The minimum Gasteiger partial charge on any atom is -0.345 e. The van der Waals surface area contributed by atoms with Crippen molar-refractivity contribution in [1.29, 1.82) is 0 Å². The fraction of sp³-hybridized carbons (Fsp3) is 0.273. The van der Waals surface area contributed by atoms with Gasteiger partial charge in [-0.2, -0.15) is 0 Å². The van der Waals surface area contributed by atoms with Crippen molar-refractivity contribution in [3.8, 4) is 0 Å². The number of amides is 3. The first-order chi connectivity index (χ1) is 15.9. The van der Waals surface area contributed by atoms with E-state index in [0.29, 0.717) is 42.9 Å². The second-order valence-corrected chi connectivity index (χ2v) is 8.86. The van der Waals surface area contributed by atoms with Crippen molar-refractivity contribution in [3.05, 3.63) is 58.1 Å². The number of fused-ring (bicyclic) bond motifs is 1. The highest BCUT2D eigenvalue weighted by molar-refractivity contribution is 7.22. The van der Waals surface area contributed by atoms with Crippen LogP contribution in [0.3, 0.4) is 0 Å². The Morgan fingerprint density at radius 2 is 1.64 bits per heavy atom. The fourth-order valence-electron chi connectivity index (χ4n) is 4.05. The maximum Gasteiger partial charge on any atom is 0.270 e. The molecule has 10 nitrogen and oxygen atoms in total. The van der Waals surface area contributed by atoms with Crippen LogP contribution < -0.4 is 9.80 Å². The summed E-state index contributed by atoms with van der Waals surface area (Å²) < 4.78 is 0.757. The lowest BCUT2D eigenvalue weighted by Gasteiger charge is -2.34. The maximum absolute atomic E-state index is 12.9. The number of nitro groups is 1. The summed E-state index contributed by atoms with van der Waals surface area (Å²) in [6.07, 6.45) is 0.435. The monoisotopic (exact) mass is 465 g/mol. The van der Waals surface area contributed by atoms with Gasteiger partial charge in [-0.3, -0.25) is 29.4 Å². The Hall–Kier alpha value is -3.86. The molecule has 2 saturated heterocycles. The van der Waals surface area contributed by atoms with Crippen LogP contribution >= 0.6 is 11.3 Å². The van der Waals surface area contributed by atoms with Gasteiger partial charge in [0.15, 0.2) is 5.13 Å². The predicted molar refractivity (Wildman–Crippen MR) is 123 cm³/mol. The second-order valence-electron chi connectivity index (χ2n) is 7.85. The highest BCUT2D eigenvalue weighted by Gasteiger charge is 2.30. The van der Waals surface area contributed by atoms with E-state index in [-0.39, 0.29) is 36.3 Å². The van der Waals surface area contributed by atoms with Gasteiger partial charge in [-0.05, 0) is 30.3 Å². The number of aromatic nitrogens is 1. The summed E-state index contributed by atoms with van der Waals surface area (Å²) in [6, 6.07) is 11.2. The molecule has 0 unspecified atom stereocenters. The molecule has 3 amide bonds. The minimum atomic E-state index is -0.420. The number of piperazine rings is 1. The number of carbonyl (C=O) groups excluding carboxylic acids is 3. The molecule has 3 aromatic rings. The van der Waals surface area contributed by atoms with E-state index in [1.54, 1.807) is 35.2 Å². The molecular formula is C22H19N5O5S. The van der Waals surface area contributed by atoms with Gasteiger partial charge in [-0.25, -0.2) is 4.98 Å². The molecule has 2 aliphatic rings. The molecule has 2 aliphatic heterocycles. The van der Waals surface area contributed by atoms with Gasteiger partial charge >= 0.3 is 0 Å². The number of hydrogen-bond donors (Lipinski definition) is 0. The Labute approximate surface area is 192 Å².